The van der Waals surface area contributed by atoms with Crippen LogP contribution in [0.5, 0.6) is 0 Å². The Balaban J connectivity index is 2.51. The molecule has 0 aromatic rings. The van der Waals surface area contributed by atoms with Gasteiger partial charge >= 0.3 is 0 Å². The fourth-order valence-electron chi connectivity index (χ4n) is 3.00. The molecule has 0 aromatic heterocycles. The Morgan fingerprint density at radius 1 is 1.10 bits per heavy atom. The van der Waals surface area contributed by atoms with Crippen LogP contribution in [0.4, 0.5) is 0 Å². The first-order chi connectivity index (χ1) is 9.19. The average Bonchev–Trinajstić information content (AvgIpc) is 2.36. The summed E-state index contributed by atoms with van der Waals surface area (Å²) in [7, 11) is 0. The fourth-order valence-corrected chi connectivity index (χ4v) is 3.00. The summed E-state index contributed by atoms with van der Waals surface area (Å²) < 4.78 is 0. The quantitative estimate of drug-likeness (QED) is 0.809. The lowest BCUT2D eigenvalue weighted by atomic mass is 9.85. The maximum absolute atomic E-state index is 3.70. The maximum atomic E-state index is 3.70. The standard InChI is InChI=1S/C17H37N3/c1-8-17(7,13-18-16(4,5)6)14-19-10-11-20(9-2)15(3)12-19/h15,18H,8-14H2,1-7H3. The summed E-state index contributed by atoms with van der Waals surface area (Å²) >= 11 is 0. The normalized spacial score (nSPS) is 25.6. The molecule has 0 spiro atoms. The van der Waals surface area contributed by atoms with Crippen molar-refractivity contribution in [1.29, 1.82) is 0 Å². The van der Waals surface area contributed by atoms with Gasteiger partial charge in [0.1, 0.15) is 0 Å². The minimum atomic E-state index is 0.213. The summed E-state index contributed by atoms with van der Waals surface area (Å²) in [5.74, 6) is 0. The summed E-state index contributed by atoms with van der Waals surface area (Å²) in [6, 6.07) is 0.699. The Hall–Kier alpha value is -0.120. The molecule has 1 fully saturated rings. The van der Waals surface area contributed by atoms with Crippen molar-refractivity contribution in [3.05, 3.63) is 0 Å². The van der Waals surface area contributed by atoms with Crippen molar-refractivity contribution in [3.8, 4) is 0 Å². The molecule has 3 heteroatoms. The van der Waals surface area contributed by atoms with Crippen LogP contribution >= 0.6 is 0 Å². The first-order valence-electron chi connectivity index (χ1n) is 8.40. The van der Waals surface area contributed by atoms with Crippen LogP contribution in [-0.4, -0.2) is 60.6 Å². The highest BCUT2D eigenvalue weighted by Gasteiger charge is 2.30. The smallest absolute Gasteiger partial charge is 0.0195 e. The third kappa shape index (κ3) is 5.71. The van der Waals surface area contributed by atoms with Crippen molar-refractivity contribution in [1.82, 2.24) is 15.1 Å². The van der Waals surface area contributed by atoms with Gasteiger partial charge < -0.3 is 5.32 Å². The van der Waals surface area contributed by atoms with Crippen molar-refractivity contribution < 1.29 is 0 Å². The van der Waals surface area contributed by atoms with E-state index in [0.717, 1.165) is 6.54 Å². The molecule has 0 aromatic carbocycles. The zero-order chi connectivity index (χ0) is 15.4. The number of likely N-dealkylation sites (N-methyl/N-ethyl adjacent to an activating group) is 1. The van der Waals surface area contributed by atoms with Crippen molar-refractivity contribution >= 4 is 0 Å². The molecule has 0 radical (unpaired) electrons. The van der Waals surface area contributed by atoms with Gasteiger partial charge in [0, 0.05) is 44.3 Å². The van der Waals surface area contributed by atoms with Gasteiger partial charge in [0.15, 0.2) is 0 Å². The van der Waals surface area contributed by atoms with E-state index in [9.17, 15) is 0 Å². The topological polar surface area (TPSA) is 18.5 Å². The van der Waals surface area contributed by atoms with Crippen LogP contribution in [0.15, 0.2) is 0 Å². The van der Waals surface area contributed by atoms with Gasteiger partial charge in [0.2, 0.25) is 0 Å². The molecule has 20 heavy (non-hydrogen) atoms. The summed E-state index contributed by atoms with van der Waals surface area (Å²) in [4.78, 5) is 5.26. The lowest BCUT2D eigenvalue weighted by Gasteiger charge is -2.43. The molecule has 3 nitrogen and oxygen atoms in total. The number of nitrogens with zero attached hydrogens (tertiary/aromatic N) is 2. The SMILES string of the molecule is CCN1CCN(CC(C)(CC)CNC(C)(C)C)CC1C. The third-order valence-electron chi connectivity index (χ3n) is 4.76. The molecule has 1 saturated heterocycles. The highest BCUT2D eigenvalue weighted by molar-refractivity contribution is 4.86. The first-order valence-corrected chi connectivity index (χ1v) is 8.40. The van der Waals surface area contributed by atoms with E-state index >= 15 is 0 Å². The van der Waals surface area contributed by atoms with Crippen LogP contribution in [0.3, 0.4) is 0 Å². The Kier molecular flexibility index (Phi) is 6.49. The zero-order valence-corrected chi connectivity index (χ0v) is 14.9. The summed E-state index contributed by atoms with van der Waals surface area (Å²) in [5.41, 5.74) is 0.589. The van der Waals surface area contributed by atoms with Crippen molar-refractivity contribution in [2.75, 3.05) is 39.3 Å². The molecule has 0 saturated carbocycles. The van der Waals surface area contributed by atoms with Gasteiger partial charge in [-0.15, -0.1) is 0 Å². The lowest BCUT2D eigenvalue weighted by Crippen LogP contribution is -2.55. The van der Waals surface area contributed by atoms with E-state index in [2.05, 4.69) is 63.6 Å². The maximum Gasteiger partial charge on any atom is 0.0195 e. The molecule has 0 bridgehead atoms. The van der Waals surface area contributed by atoms with Crippen molar-refractivity contribution in [3.63, 3.8) is 0 Å². The second-order valence-electron chi connectivity index (χ2n) is 7.98. The van der Waals surface area contributed by atoms with Gasteiger partial charge in [0.25, 0.3) is 0 Å². The van der Waals surface area contributed by atoms with E-state index in [1.807, 2.05) is 0 Å². The van der Waals surface area contributed by atoms with E-state index in [1.54, 1.807) is 0 Å². The largest absolute Gasteiger partial charge is 0.311 e. The molecule has 1 N–H and O–H groups in total. The molecule has 2 unspecified atom stereocenters. The van der Waals surface area contributed by atoms with Crippen LogP contribution in [-0.2, 0) is 0 Å². The van der Waals surface area contributed by atoms with E-state index < -0.39 is 0 Å². The van der Waals surface area contributed by atoms with Crippen LogP contribution in [0.1, 0.15) is 54.9 Å². The van der Waals surface area contributed by atoms with E-state index in [1.165, 1.54) is 39.1 Å². The van der Waals surface area contributed by atoms with Crippen LogP contribution in [0.2, 0.25) is 0 Å². The summed E-state index contributed by atoms with van der Waals surface area (Å²) in [6.45, 7) is 23.4. The van der Waals surface area contributed by atoms with Gasteiger partial charge in [-0.25, -0.2) is 0 Å². The van der Waals surface area contributed by atoms with E-state index in [-0.39, 0.29) is 5.54 Å². The minimum Gasteiger partial charge on any atom is -0.311 e. The van der Waals surface area contributed by atoms with E-state index in [0.29, 0.717) is 11.5 Å². The molecule has 1 aliphatic heterocycles. The Bertz CT molecular complexity index is 284. The molecule has 1 rings (SSSR count). The average molecular weight is 284 g/mol. The highest BCUT2D eigenvalue weighted by Crippen LogP contribution is 2.24. The zero-order valence-electron chi connectivity index (χ0n) is 14.9. The van der Waals surface area contributed by atoms with Gasteiger partial charge in [-0.3, -0.25) is 9.80 Å². The first kappa shape index (κ1) is 17.9. The Morgan fingerprint density at radius 2 is 1.75 bits per heavy atom. The second kappa shape index (κ2) is 7.24. The summed E-state index contributed by atoms with van der Waals surface area (Å²) in [6.07, 6.45) is 1.23. The minimum absolute atomic E-state index is 0.213. The predicted molar refractivity (Wildman–Crippen MR) is 89.3 cm³/mol. The van der Waals surface area contributed by atoms with Gasteiger partial charge in [-0.05, 0) is 46.1 Å². The second-order valence-corrected chi connectivity index (χ2v) is 7.98. The monoisotopic (exact) mass is 283 g/mol. The predicted octanol–water partition coefficient (Wildman–Crippen LogP) is 2.82. The number of nitrogens with one attached hydrogen (secondary N) is 1. The molecule has 2 atom stereocenters. The number of piperazine rings is 1. The molecule has 0 aliphatic carbocycles. The number of hydrogen-bond acceptors (Lipinski definition) is 3. The van der Waals surface area contributed by atoms with E-state index in [4.69, 9.17) is 0 Å². The Morgan fingerprint density at radius 3 is 2.20 bits per heavy atom. The van der Waals surface area contributed by atoms with Crippen LogP contribution in [0.25, 0.3) is 0 Å². The molecule has 120 valence electrons. The lowest BCUT2D eigenvalue weighted by molar-refractivity contribution is 0.0547. The molecular weight excluding hydrogens is 246 g/mol. The van der Waals surface area contributed by atoms with Crippen LogP contribution < -0.4 is 5.32 Å². The fraction of sp³-hybridized carbons (Fsp3) is 1.00. The number of rotatable bonds is 6. The van der Waals surface area contributed by atoms with Crippen molar-refractivity contribution in [2.24, 2.45) is 5.41 Å². The Labute approximate surface area is 127 Å². The van der Waals surface area contributed by atoms with Crippen molar-refractivity contribution in [2.45, 2.75) is 66.5 Å². The highest BCUT2D eigenvalue weighted by atomic mass is 15.3. The molecular formula is C17H37N3. The van der Waals surface area contributed by atoms with Gasteiger partial charge in [0.05, 0.1) is 0 Å². The van der Waals surface area contributed by atoms with Gasteiger partial charge in [-0.2, -0.15) is 0 Å². The van der Waals surface area contributed by atoms with Gasteiger partial charge in [-0.1, -0.05) is 20.8 Å². The third-order valence-corrected chi connectivity index (χ3v) is 4.76. The molecule has 1 heterocycles. The van der Waals surface area contributed by atoms with Crippen LogP contribution in [0, 0.1) is 5.41 Å². The molecule has 1 aliphatic rings. The number of hydrogen-bond donors (Lipinski definition) is 1. The summed E-state index contributed by atoms with van der Waals surface area (Å²) in [5, 5.41) is 3.70. The molecule has 0 amide bonds.